The number of hydrogen-bond acceptors (Lipinski definition) is 4. The number of aromatic nitrogens is 3. The fourth-order valence-electron chi connectivity index (χ4n) is 1.82. The van der Waals surface area contributed by atoms with E-state index in [1.165, 1.54) is 11.8 Å². The van der Waals surface area contributed by atoms with Crippen LogP contribution in [0.3, 0.4) is 0 Å². The number of aromatic amines is 2. The molecule has 0 aliphatic carbocycles. The van der Waals surface area contributed by atoms with Gasteiger partial charge >= 0.3 is 11.7 Å². The van der Waals surface area contributed by atoms with E-state index in [1.807, 2.05) is 0 Å². The highest BCUT2D eigenvalue weighted by atomic mass is 32.2. The van der Waals surface area contributed by atoms with Gasteiger partial charge in [-0.1, -0.05) is 23.9 Å². The number of fused-ring (bicyclic) bond motifs is 1. The van der Waals surface area contributed by atoms with E-state index in [4.69, 9.17) is 5.11 Å². The maximum absolute atomic E-state index is 11.2. The van der Waals surface area contributed by atoms with Gasteiger partial charge in [-0.2, -0.15) is 0 Å². The van der Waals surface area contributed by atoms with Gasteiger partial charge in [0.15, 0.2) is 5.65 Å². The van der Waals surface area contributed by atoms with Crippen LogP contribution >= 0.6 is 11.8 Å². The molecule has 20 heavy (non-hydrogen) atoms. The van der Waals surface area contributed by atoms with Gasteiger partial charge in [0.2, 0.25) is 0 Å². The average Bonchev–Trinajstić information content (AvgIpc) is 2.78. The highest BCUT2D eigenvalue weighted by Crippen LogP contribution is 2.30. The Labute approximate surface area is 116 Å². The van der Waals surface area contributed by atoms with Crippen molar-refractivity contribution in [3.63, 3.8) is 0 Å². The van der Waals surface area contributed by atoms with Crippen LogP contribution in [0.15, 0.2) is 51.1 Å². The van der Waals surface area contributed by atoms with Gasteiger partial charge in [-0.3, -0.25) is 4.98 Å². The minimum Gasteiger partial charge on any atom is -0.478 e. The first-order valence-corrected chi connectivity index (χ1v) is 6.53. The van der Waals surface area contributed by atoms with Crippen molar-refractivity contribution in [2.24, 2.45) is 0 Å². The predicted octanol–water partition coefficient (Wildman–Crippen LogP) is 2.10. The minimum atomic E-state index is -0.975. The molecule has 3 rings (SSSR count). The van der Waals surface area contributed by atoms with Crippen molar-refractivity contribution >= 4 is 28.9 Å². The molecule has 0 saturated heterocycles. The lowest BCUT2D eigenvalue weighted by molar-refractivity contribution is 0.0693. The van der Waals surface area contributed by atoms with Crippen LogP contribution in [0.5, 0.6) is 0 Å². The molecule has 3 N–H and O–H groups in total. The fourth-order valence-corrected chi connectivity index (χ4v) is 2.76. The lowest BCUT2D eigenvalue weighted by Gasteiger charge is -2.05. The Morgan fingerprint density at radius 2 is 2.05 bits per heavy atom. The number of carboxylic acid groups (broad SMARTS) is 1. The quantitative estimate of drug-likeness (QED) is 0.685. The number of carboxylic acids is 1. The fraction of sp³-hybridized carbons (Fsp3) is 0. The Hall–Kier alpha value is -2.54. The van der Waals surface area contributed by atoms with Crippen LogP contribution in [0.4, 0.5) is 0 Å². The molecule has 0 aliphatic rings. The van der Waals surface area contributed by atoms with E-state index in [0.29, 0.717) is 16.1 Å². The Bertz CT molecular complexity index is 853. The Morgan fingerprint density at radius 1 is 1.25 bits per heavy atom. The number of pyridine rings is 1. The third kappa shape index (κ3) is 2.30. The van der Waals surface area contributed by atoms with E-state index in [1.54, 1.807) is 36.5 Å². The van der Waals surface area contributed by atoms with E-state index >= 15 is 0 Å². The molecule has 2 aromatic heterocycles. The van der Waals surface area contributed by atoms with Gasteiger partial charge in [-0.25, -0.2) is 14.6 Å². The molecule has 0 aliphatic heterocycles. The van der Waals surface area contributed by atoms with Crippen LogP contribution in [0.25, 0.3) is 11.2 Å². The zero-order chi connectivity index (χ0) is 14.1. The molecule has 0 amide bonds. The van der Waals surface area contributed by atoms with Gasteiger partial charge in [0, 0.05) is 16.0 Å². The molecule has 1 aromatic carbocycles. The summed E-state index contributed by atoms with van der Waals surface area (Å²) in [6, 6.07) is 8.49. The van der Waals surface area contributed by atoms with E-state index in [0.717, 1.165) is 4.90 Å². The van der Waals surface area contributed by atoms with Gasteiger partial charge in [-0.15, -0.1) is 0 Å². The van der Waals surface area contributed by atoms with E-state index in [2.05, 4.69) is 15.0 Å². The summed E-state index contributed by atoms with van der Waals surface area (Å²) in [6.07, 6.45) is 1.59. The molecule has 100 valence electrons. The molecular formula is C13H9N3O3S. The lowest BCUT2D eigenvalue weighted by atomic mass is 10.2. The van der Waals surface area contributed by atoms with E-state index in [-0.39, 0.29) is 11.3 Å². The molecule has 2 heterocycles. The summed E-state index contributed by atoms with van der Waals surface area (Å²) in [5, 5.41) is 9.14. The number of carbonyl (C=O) groups is 1. The number of benzene rings is 1. The standard InChI is InChI=1S/C13H9N3O3S/c17-12(18)8-3-1-2-4-10(8)20-7-5-9-11(14-6-7)16-13(19)15-9/h1-6H,(H,17,18)(H2,14,15,16,19). The van der Waals surface area contributed by atoms with Crippen molar-refractivity contribution in [1.82, 2.24) is 15.0 Å². The smallest absolute Gasteiger partial charge is 0.336 e. The Balaban J connectivity index is 2.00. The van der Waals surface area contributed by atoms with Gasteiger partial charge in [0.25, 0.3) is 0 Å². The van der Waals surface area contributed by atoms with Crippen LogP contribution in [0, 0.1) is 0 Å². The largest absolute Gasteiger partial charge is 0.478 e. The number of imidazole rings is 1. The number of nitrogens with one attached hydrogen (secondary N) is 2. The van der Waals surface area contributed by atoms with Crippen molar-refractivity contribution in [3.05, 3.63) is 52.6 Å². The molecular weight excluding hydrogens is 278 g/mol. The molecule has 0 radical (unpaired) electrons. The number of hydrogen-bond donors (Lipinski definition) is 3. The van der Waals surface area contributed by atoms with Crippen LogP contribution in [0.2, 0.25) is 0 Å². The minimum absolute atomic E-state index is 0.236. The summed E-state index contributed by atoms with van der Waals surface area (Å²) in [5.41, 5.74) is 0.986. The van der Waals surface area contributed by atoms with Crippen LogP contribution < -0.4 is 5.69 Å². The molecule has 6 nitrogen and oxygen atoms in total. The summed E-state index contributed by atoms with van der Waals surface area (Å²) < 4.78 is 0. The zero-order valence-electron chi connectivity index (χ0n) is 10.1. The van der Waals surface area contributed by atoms with Crippen LogP contribution in [-0.2, 0) is 0 Å². The van der Waals surface area contributed by atoms with Crippen molar-refractivity contribution in [2.45, 2.75) is 9.79 Å². The van der Waals surface area contributed by atoms with Gasteiger partial charge < -0.3 is 10.1 Å². The summed E-state index contributed by atoms with van der Waals surface area (Å²) >= 11 is 1.29. The van der Waals surface area contributed by atoms with Crippen molar-refractivity contribution in [2.75, 3.05) is 0 Å². The summed E-state index contributed by atoms with van der Waals surface area (Å²) in [7, 11) is 0. The van der Waals surface area contributed by atoms with Crippen LogP contribution in [0.1, 0.15) is 10.4 Å². The van der Waals surface area contributed by atoms with Crippen molar-refractivity contribution in [3.8, 4) is 0 Å². The average molecular weight is 287 g/mol. The molecule has 0 spiro atoms. The summed E-state index contributed by atoms with van der Waals surface area (Å²) in [4.78, 5) is 33.0. The second-order valence-corrected chi connectivity index (χ2v) is 5.17. The first-order valence-electron chi connectivity index (χ1n) is 5.72. The molecule has 0 bridgehead atoms. The van der Waals surface area contributed by atoms with Crippen LogP contribution in [-0.4, -0.2) is 26.0 Å². The second-order valence-electron chi connectivity index (χ2n) is 4.05. The molecule has 7 heteroatoms. The molecule has 3 aromatic rings. The number of H-pyrrole nitrogens is 2. The first-order chi connectivity index (χ1) is 9.63. The second kappa shape index (κ2) is 4.86. The number of nitrogens with zero attached hydrogens (tertiary/aromatic N) is 1. The van der Waals surface area contributed by atoms with Gasteiger partial charge in [0.05, 0.1) is 11.1 Å². The number of rotatable bonds is 3. The zero-order valence-corrected chi connectivity index (χ0v) is 10.9. The van der Waals surface area contributed by atoms with Gasteiger partial charge in [0.1, 0.15) is 0 Å². The van der Waals surface area contributed by atoms with E-state index in [9.17, 15) is 9.59 Å². The van der Waals surface area contributed by atoms with Crippen molar-refractivity contribution in [1.29, 1.82) is 0 Å². The van der Waals surface area contributed by atoms with E-state index < -0.39 is 5.97 Å². The van der Waals surface area contributed by atoms with Gasteiger partial charge in [-0.05, 0) is 18.2 Å². The summed E-state index contributed by atoms with van der Waals surface area (Å²) in [6.45, 7) is 0. The topological polar surface area (TPSA) is 98.8 Å². The molecule has 0 fully saturated rings. The number of aromatic carboxylic acids is 1. The predicted molar refractivity (Wildman–Crippen MR) is 74.2 cm³/mol. The third-order valence-electron chi connectivity index (χ3n) is 2.69. The first kappa shape index (κ1) is 12.5. The third-order valence-corrected chi connectivity index (χ3v) is 3.72. The molecule has 0 atom stereocenters. The normalized spacial score (nSPS) is 10.8. The highest BCUT2D eigenvalue weighted by molar-refractivity contribution is 7.99. The monoisotopic (exact) mass is 287 g/mol. The Kier molecular flexibility index (Phi) is 3.03. The lowest BCUT2D eigenvalue weighted by Crippen LogP contribution is -1.99. The molecule has 0 saturated carbocycles. The maximum atomic E-state index is 11.2. The Morgan fingerprint density at radius 3 is 2.85 bits per heavy atom. The highest BCUT2D eigenvalue weighted by Gasteiger charge is 2.11. The SMILES string of the molecule is O=C(O)c1ccccc1Sc1cnc2[nH]c(=O)[nH]c2c1. The summed E-state index contributed by atoms with van der Waals surface area (Å²) in [5.74, 6) is -0.975. The maximum Gasteiger partial charge on any atom is 0.336 e. The molecule has 0 unspecified atom stereocenters. The van der Waals surface area contributed by atoms with Crippen molar-refractivity contribution < 1.29 is 9.90 Å².